The molecule has 1 saturated heterocycles. The highest BCUT2D eigenvalue weighted by atomic mass is 19.1. The van der Waals surface area contributed by atoms with E-state index < -0.39 is 0 Å². The van der Waals surface area contributed by atoms with Crippen LogP contribution in [0.1, 0.15) is 36.4 Å². The van der Waals surface area contributed by atoms with Gasteiger partial charge in [0.1, 0.15) is 5.82 Å². The van der Waals surface area contributed by atoms with Crippen molar-refractivity contribution in [3.05, 3.63) is 59.9 Å². The van der Waals surface area contributed by atoms with Gasteiger partial charge < -0.3 is 4.90 Å². The molecule has 0 spiro atoms. The van der Waals surface area contributed by atoms with E-state index in [1.807, 2.05) is 24.3 Å². The molecule has 1 amide bonds. The van der Waals surface area contributed by atoms with E-state index in [0.717, 1.165) is 41.8 Å². The number of amides is 1. The fourth-order valence-corrected chi connectivity index (χ4v) is 3.92. The van der Waals surface area contributed by atoms with Crippen molar-refractivity contribution >= 4 is 5.91 Å². The molecule has 0 aliphatic carbocycles. The molecule has 0 bridgehead atoms. The van der Waals surface area contributed by atoms with Crippen LogP contribution in [0.5, 0.6) is 0 Å². The largest absolute Gasteiger partial charge is 0.342 e. The van der Waals surface area contributed by atoms with Crippen LogP contribution >= 0.6 is 0 Å². The van der Waals surface area contributed by atoms with Gasteiger partial charge in [-0.2, -0.15) is 10.2 Å². The number of likely N-dealkylation sites (tertiary alicyclic amines) is 1. The van der Waals surface area contributed by atoms with Gasteiger partial charge in [0.15, 0.2) is 0 Å². The van der Waals surface area contributed by atoms with E-state index in [0.29, 0.717) is 19.4 Å². The number of aryl methyl sites for hydroxylation is 2. The molecule has 146 valence electrons. The molecule has 0 unspecified atom stereocenters. The molecule has 7 heteroatoms. The molecule has 0 saturated carbocycles. The van der Waals surface area contributed by atoms with Crippen LogP contribution in [-0.4, -0.2) is 43.9 Å². The van der Waals surface area contributed by atoms with Gasteiger partial charge in [-0.05, 0) is 42.5 Å². The van der Waals surface area contributed by atoms with Crippen molar-refractivity contribution in [1.29, 1.82) is 0 Å². The van der Waals surface area contributed by atoms with Gasteiger partial charge in [0.05, 0.1) is 12.4 Å². The van der Waals surface area contributed by atoms with Gasteiger partial charge in [0.25, 0.3) is 0 Å². The number of nitrogens with zero attached hydrogens (tertiary/aromatic N) is 4. The van der Waals surface area contributed by atoms with Crippen molar-refractivity contribution < 1.29 is 9.18 Å². The number of carbonyl (C=O) groups is 1. The van der Waals surface area contributed by atoms with E-state index in [1.54, 1.807) is 23.0 Å². The maximum atomic E-state index is 13.2. The van der Waals surface area contributed by atoms with Crippen molar-refractivity contribution in [2.75, 3.05) is 13.1 Å². The minimum atomic E-state index is -0.253. The molecule has 1 N–H and O–H groups in total. The zero-order valence-electron chi connectivity index (χ0n) is 15.9. The molecule has 6 nitrogen and oxygen atoms in total. The molecule has 28 heavy (non-hydrogen) atoms. The summed E-state index contributed by atoms with van der Waals surface area (Å²) in [4.78, 5) is 14.7. The summed E-state index contributed by atoms with van der Waals surface area (Å²) in [6, 6.07) is 6.45. The van der Waals surface area contributed by atoms with Crippen LogP contribution in [0.15, 0.2) is 42.9 Å². The molecule has 1 atom stereocenters. The molecule has 3 aromatic rings. The second-order valence-electron chi connectivity index (χ2n) is 7.41. The molecule has 1 fully saturated rings. The zero-order chi connectivity index (χ0) is 19.5. The number of hydrogen-bond acceptors (Lipinski definition) is 3. The van der Waals surface area contributed by atoms with E-state index in [-0.39, 0.29) is 17.6 Å². The Bertz CT molecular complexity index is 946. The molecule has 3 heterocycles. The van der Waals surface area contributed by atoms with Crippen LogP contribution in [0.4, 0.5) is 4.39 Å². The summed E-state index contributed by atoms with van der Waals surface area (Å²) in [5.74, 6) is 0.131. The fourth-order valence-electron chi connectivity index (χ4n) is 3.92. The maximum absolute atomic E-state index is 13.2. The van der Waals surface area contributed by atoms with Gasteiger partial charge in [-0.3, -0.25) is 14.6 Å². The number of halogens is 1. The number of piperidine rings is 1. The molecule has 0 radical (unpaired) electrons. The van der Waals surface area contributed by atoms with Crippen LogP contribution in [0, 0.1) is 5.82 Å². The van der Waals surface area contributed by atoms with Gasteiger partial charge in [-0.1, -0.05) is 12.1 Å². The quantitative estimate of drug-likeness (QED) is 0.737. The summed E-state index contributed by atoms with van der Waals surface area (Å²) >= 11 is 0. The fraction of sp³-hybridized carbons (Fsp3) is 0.381. The van der Waals surface area contributed by atoms with Gasteiger partial charge >= 0.3 is 0 Å². The Labute approximate surface area is 163 Å². The number of H-pyrrole nitrogens is 1. The van der Waals surface area contributed by atoms with Gasteiger partial charge in [-0.15, -0.1) is 0 Å². The minimum absolute atomic E-state index is 0.177. The van der Waals surface area contributed by atoms with Gasteiger partial charge in [-0.25, -0.2) is 4.39 Å². The summed E-state index contributed by atoms with van der Waals surface area (Å²) in [6.07, 6.45) is 8.71. The van der Waals surface area contributed by atoms with E-state index in [1.165, 1.54) is 12.1 Å². The minimum Gasteiger partial charge on any atom is -0.342 e. The third kappa shape index (κ3) is 3.98. The molecular weight excluding hydrogens is 357 g/mol. The van der Waals surface area contributed by atoms with E-state index in [4.69, 9.17) is 0 Å². The highest BCUT2D eigenvalue weighted by molar-refractivity contribution is 5.76. The van der Waals surface area contributed by atoms with Gasteiger partial charge in [0.2, 0.25) is 5.91 Å². The summed E-state index contributed by atoms with van der Waals surface area (Å²) in [5, 5.41) is 11.5. The Balaban J connectivity index is 1.43. The molecule has 4 rings (SSSR count). The lowest BCUT2D eigenvalue weighted by molar-refractivity contribution is -0.132. The van der Waals surface area contributed by atoms with Gasteiger partial charge in [0, 0.05) is 49.9 Å². The Morgan fingerprint density at radius 1 is 1.29 bits per heavy atom. The number of aromatic amines is 1. The van der Waals surface area contributed by atoms with E-state index in [9.17, 15) is 9.18 Å². The summed E-state index contributed by atoms with van der Waals surface area (Å²) in [5.41, 5.74) is 4.02. The number of benzene rings is 1. The first kappa shape index (κ1) is 18.4. The van der Waals surface area contributed by atoms with Crippen LogP contribution in [0.3, 0.4) is 0 Å². The predicted octanol–water partition coefficient (Wildman–Crippen LogP) is 3.29. The van der Waals surface area contributed by atoms with E-state index in [2.05, 4.69) is 15.3 Å². The monoisotopic (exact) mass is 381 g/mol. The summed E-state index contributed by atoms with van der Waals surface area (Å²) in [6.45, 7) is 1.48. The second-order valence-corrected chi connectivity index (χ2v) is 7.41. The molecule has 1 aromatic carbocycles. The summed E-state index contributed by atoms with van der Waals surface area (Å²) < 4.78 is 15.0. The van der Waals surface area contributed by atoms with Crippen molar-refractivity contribution in [3.8, 4) is 11.1 Å². The highest BCUT2D eigenvalue weighted by Gasteiger charge is 2.27. The number of aromatic nitrogens is 4. The van der Waals surface area contributed by atoms with E-state index >= 15 is 0 Å². The standard InChI is InChI=1S/C21H24FN5O/c1-26-13-15(11-24-26)4-9-20(28)27-10-2-3-17(14-27)21-19(12-23-25-21)16-5-7-18(22)8-6-16/h5-8,11-13,17H,2-4,9-10,14H2,1H3,(H,23,25)/t17-/m1/s1. The highest BCUT2D eigenvalue weighted by Crippen LogP contribution is 2.33. The summed E-state index contributed by atoms with van der Waals surface area (Å²) in [7, 11) is 1.88. The zero-order valence-corrected chi connectivity index (χ0v) is 15.9. The lowest BCUT2D eigenvalue weighted by Crippen LogP contribution is -2.39. The first-order valence-corrected chi connectivity index (χ1v) is 9.64. The van der Waals surface area contributed by atoms with Crippen molar-refractivity contribution in [2.45, 2.75) is 31.6 Å². The molecular formula is C21H24FN5O. The Kier molecular flexibility index (Phi) is 5.23. The van der Waals surface area contributed by atoms with Crippen LogP contribution in [0.25, 0.3) is 11.1 Å². The van der Waals surface area contributed by atoms with Crippen molar-refractivity contribution in [3.63, 3.8) is 0 Å². The molecule has 1 aliphatic heterocycles. The number of hydrogen-bond donors (Lipinski definition) is 1. The topological polar surface area (TPSA) is 66.8 Å². The second kappa shape index (κ2) is 7.96. The Morgan fingerprint density at radius 3 is 2.86 bits per heavy atom. The normalized spacial score (nSPS) is 17.1. The van der Waals surface area contributed by atoms with Crippen molar-refractivity contribution in [2.24, 2.45) is 7.05 Å². The lowest BCUT2D eigenvalue weighted by atomic mass is 9.90. The third-order valence-corrected chi connectivity index (χ3v) is 5.39. The Hall–Kier alpha value is -2.96. The average Bonchev–Trinajstić information content (AvgIpc) is 3.36. The lowest BCUT2D eigenvalue weighted by Gasteiger charge is -2.33. The SMILES string of the molecule is Cn1cc(CCC(=O)N2CCC[C@@H](c3[nH]ncc3-c3ccc(F)cc3)C2)cn1. The number of carbonyl (C=O) groups excluding carboxylic acids is 1. The van der Waals surface area contributed by atoms with Crippen LogP contribution in [0.2, 0.25) is 0 Å². The average molecular weight is 381 g/mol. The first-order chi connectivity index (χ1) is 13.6. The first-order valence-electron chi connectivity index (χ1n) is 9.64. The predicted molar refractivity (Wildman–Crippen MR) is 104 cm³/mol. The number of rotatable bonds is 5. The van der Waals surface area contributed by atoms with Crippen LogP contribution in [-0.2, 0) is 18.3 Å². The van der Waals surface area contributed by atoms with Crippen LogP contribution < -0.4 is 0 Å². The molecule has 1 aliphatic rings. The number of nitrogens with one attached hydrogen (secondary N) is 1. The molecule has 2 aromatic heterocycles. The maximum Gasteiger partial charge on any atom is 0.222 e. The smallest absolute Gasteiger partial charge is 0.222 e. The third-order valence-electron chi connectivity index (χ3n) is 5.39. The Morgan fingerprint density at radius 2 is 2.11 bits per heavy atom. The van der Waals surface area contributed by atoms with Crippen molar-refractivity contribution in [1.82, 2.24) is 24.9 Å².